The third kappa shape index (κ3) is 6.39. The van der Waals surface area contributed by atoms with Crippen LogP contribution in [-0.2, 0) is 17.8 Å². The number of alkyl carbamates (subject to hydrolysis) is 1. The van der Waals surface area contributed by atoms with E-state index in [0.717, 1.165) is 5.56 Å². The molecule has 146 valence electrons. The third-order valence-corrected chi connectivity index (χ3v) is 4.16. The van der Waals surface area contributed by atoms with Crippen molar-refractivity contribution in [1.82, 2.24) is 14.5 Å². The van der Waals surface area contributed by atoms with Gasteiger partial charge >= 0.3 is 11.8 Å². The van der Waals surface area contributed by atoms with Gasteiger partial charge in [-0.2, -0.15) is 0 Å². The maximum Gasteiger partial charge on any atom is 0.407 e. The number of nitrogens with zero attached hydrogens (tertiary/aromatic N) is 2. The fourth-order valence-corrected chi connectivity index (χ4v) is 2.91. The zero-order valence-electron chi connectivity index (χ0n) is 15.7. The summed E-state index contributed by atoms with van der Waals surface area (Å²) >= 11 is 3.23. The fourth-order valence-electron chi connectivity index (χ4n) is 2.45. The zero-order chi connectivity index (χ0) is 20.0. The van der Waals surface area contributed by atoms with Crippen LogP contribution in [0, 0.1) is 0 Å². The molecule has 1 amide bonds. The van der Waals surface area contributed by atoms with Crippen molar-refractivity contribution in [3.05, 3.63) is 67.4 Å². The molecule has 0 saturated heterocycles. The second-order valence-corrected chi connectivity index (χ2v) is 7.97. The number of carbonyl (C=O) groups is 1. The predicted octanol–water partition coefficient (Wildman–Crippen LogP) is 2.74. The quantitative estimate of drug-likeness (QED) is 0.704. The van der Waals surface area contributed by atoms with E-state index in [0.29, 0.717) is 24.0 Å². The summed E-state index contributed by atoms with van der Waals surface area (Å²) in [5.74, 6) is 0. The van der Waals surface area contributed by atoms with Gasteiger partial charge in [0.1, 0.15) is 5.60 Å². The van der Waals surface area contributed by atoms with Crippen LogP contribution in [0.4, 0.5) is 4.79 Å². The molecule has 27 heavy (non-hydrogen) atoms. The van der Waals surface area contributed by atoms with Gasteiger partial charge in [-0.25, -0.2) is 9.59 Å². The van der Waals surface area contributed by atoms with E-state index < -0.39 is 11.7 Å². The highest BCUT2D eigenvalue weighted by molar-refractivity contribution is 9.10. The molecule has 1 aromatic heterocycles. The lowest BCUT2D eigenvalue weighted by atomic mass is 10.2. The van der Waals surface area contributed by atoms with Gasteiger partial charge < -0.3 is 10.1 Å². The van der Waals surface area contributed by atoms with Crippen LogP contribution in [-0.4, -0.2) is 27.4 Å². The summed E-state index contributed by atoms with van der Waals surface area (Å²) in [6.45, 7) is 6.21. The standard InChI is InChI=1S/C19H24BrN3O4/c1-19(2,3)27-17(25)21-10-7-11-23-16(24)15(20)13-22(18(23)26)12-14-8-5-4-6-9-14/h4-6,8-9,13H,7,10-12H2,1-3H3,(H,21,25). The Hall–Kier alpha value is -2.35. The first-order valence-corrected chi connectivity index (χ1v) is 9.47. The summed E-state index contributed by atoms with van der Waals surface area (Å²) in [6.07, 6.45) is 1.41. The molecule has 8 heteroatoms. The van der Waals surface area contributed by atoms with E-state index in [1.807, 2.05) is 30.3 Å². The van der Waals surface area contributed by atoms with Crippen LogP contribution >= 0.6 is 15.9 Å². The average Bonchev–Trinajstić information content (AvgIpc) is 2.58. The van der Waals surface area contributed by atoms with Crippen molar-refractivity contribution in [2.45, 2.75) is 45.9 Å². The smallest absolute Gasteiger partial charge is 0.407 e. The predicted molar refractivity (Wildman–Crippen MR) is 107 cm³/mol. The van der Waals surface area contributed by atoms with E-state index in [-0.39, 0.29) is 17.8 Å². The highest BCUT2D eigenvalue weighted by Gasteiger charge is 2.15. The highest BCUT2D eigenvalue weighted by Crippen LogP contribution is 2.06. The molecule has 0 radical (unpaired) electrons. The number of aromatic nitrogens is 2. The van der Waals surface area contributed by atoms with Crippen LogP contribution in [0.5, 0.6) is 0 Å². The molecule has 0 saturated carbocycles. The zero-order valence-corrected chi connectivity index (χ0v) is 17.3. The Morgan fingerprint density at radius 1 is 1.19 bits per heavy atom. The summed E-state index contributed by atoms with van der Waals surface area (Å²) in [5, 5.41) is 2.62. The van der Waals surface area contributed by atoms with Crippen molar-refractivity contribution in [3.8, 4) is 0 Å². The van der Waals surface area contributed by atoms with E-state index in [1.165, 1.54) is 15.3 Å². The van der Waals surface area contributed by atoms with Gasteiger partial charge in [-0.1, -0.05) is 30.3 Å². The van der Waals surface area contributed by atoms with Crippen molar-refractivity contribution in [2.24, 2.45) is 0 Å². The maximum absolute atomic E-state index is 12.7. The lowest BCUT2D eigenvalue weighted by Crippen LogP contribution is -2.41. The number of ether oxygens (including phenoxy) is 1. The Bertz CT molecular complexity index is 898. The molecule has 1 N–H and O–H groups in total. The number of nitrogens with one attached hydrogen (secondary N) is 1. The molecule has 2 rings (SSSR count). The molecule has 0 spiro atoms. The summed E-state index contributed by atoms with van der Waals surface area (Å²) in [6, 6.07) is 9.53. The van der Waals surface area contributed by atoms with Crippen molar-refractivity contribution >= 4 is 22.0 Å². The Balaban J connectivity index is 2.05. The van der Waals surface area contributed by atoms with Gasteiger partial charge in [0.15, 0.2) is 0 Å². The summed E-state index contributed by atoms with van der Waals surface area (Å²) in [5.41, 5.74) is -0.384. The third-order valence-electron chi connectivity index (χ3n) is 3.62. The summed E-state index contributed by atoms with van der Waals surface area (Å²) in [7, 11) is 0. The number of carbonyl (C=O) groups excluding carboxylic acids is 1. The Morgan fingerprint density at radius 3 is 2.48 bits per heavy atom. The number of benzene rings is 1. The van der Waals surface area contributed by atoms with E-state index in [2.05, 4.69) is 21.2 Å². The summed E-state index contributed by atoms with van der Waals surface area (Å²) < 4.78 is 8.13. The molecule has 1 aromatic carbocycles. The first kappa shape index (κ1) is 21.0. The highest BCUT2D eigenvalue weighted by atomic mass is 79.9. The SMILES string of the molecule is CC(C)(C)OC(=O)NCCCn1c(=O)c(Br)cn(Cc2ccccc2)c1=O. The van der Waals surface area contributed by atoms with Crippen LogP contribution < -0.4 is 16.6 Å². The molecule has 2 aromatic rings. The molecular weight excluding hydrogens is 414 g/mol. The Kier molecular flexibility index (Phi) is 7.01. The number of amides is 1. The topological polar surface area (TPSA) is 82.3 Å². The van der Waals surface area contributed by atoms with Crippen LogP contribution in [0.2, 0.25) is 0 Å². The van der Waals surface area contributed by atoms with Gasteiger partial charge in [0.2, 0.25) is 0 Å². The molecule has 7 nitrogen and oxygen atoms in total. The monoisotopic (exact) mass is 437 g/mol. The Morgan fingerprint density at radius 2 is 1.85 bits per heavy atom. The molecule has 0 fully saturated rings. The number of hydrogen-bond donors (Lipinski definition) is 1. The van der Waals surface area contributed by atoms with Gasteiger partial charge in [0.25, 0.3) is 5.56 Å². The molecule has 1 heterocycles. The maximum atomic E-state index is 12.7. The lowest BCUT2D eigenvalue weighted by molar-refractivity contribution is 0.0526. The van der Waals surface area contributed by atoms with Crippen molar-refractivity contribution in [1.29, 1.82) is 0 Å². The Labute approximate surface area is 166 Å². The van der Waals surface area contributed by atoms with E-state index >= 15 is 0 Å². The summed E-state index contributed by atoms with van der Waals surface area (Å²) in [4.78, 5) is 36.6. The van der Waals surface area contributed by atoms with Crippen molar-refractivity contribution in [2.75, 3.05) is 6.54 Å². The van der Waals surface area contributed by atoms with Crippen LogP contribution in [0.15, 0.2) is 50.6 Å². The molecule has 0 aliphatic rings. The van der Waals surface area contributed by atoms with Crippen LogP contribution in [0.3, 0.4) is 0 Å². The average molecular weight is 438 g/mol. The van der Waals surface area contributed by atoms with E-state index in [9.17, 15) is 14.4 Å². The van der Waals surface area contributed by atoms with Crippen molar-refractivity contribution < 1.29 is 9.53 Å². The van der Waals surface area contributed by atoms with E-state index in [4.69, 9.17) is 4.74 Å². The van der Waals surface area contributed by atoms with Gasteiger partial charge in [-0.15, -0.1) is 0 Å². The molecule has 0 unspecified atom stereocenters. The molecular formula is C19H24BrN3O4. The molecule has 0 aliphatic heterocycles. The van der Waals surface area contributed by atoms with Crippen molar-refractivity contribution in [3.63, 3.8) is 0 Å². The number of halogens is 1. The first-order chi connectivity index (χ1) is 12.7. The number of hydrogen-bond acceptors (Lipinski definition) is 4. The lowest BCUT2D eigenvalue weighted by Gasteiger charge is -2.19. The first-order valence-electron chi connectivity index (χ1n) is 8.68. The minimum atomic E-state index is -0.573. The van der Waals surface area contributed by atoms with Gasteiger partial charge in [0, 0.05) is 19.3 Å². The van der Waals surface area contributed by atoms with Gasteiger partial charge in [-0.3, -0.25) is 13.9 Å². The molecule has 0 atom stereocenters. The second kappa shape index (κ2) is 9.03. The normalized spacial score (nSPS) is 11.3. The van der Waals surface area contributed by atoms with Crippen LogP contribution in [0.25, 0.3) is 0 Å². The molecule has 0 aliphatic carbocycles. The second-order valence-electron chi connectivity index (χ2n) is 7.11. The fraction of sp³-hybridized carbons (Fsp3) is 0.421. The van der Waals surface area contributed by atoms with Gasteiger partial charge in [0.05, 0.1) is 11.0 Å². The number of rotatable bonds is 6. The van der Waals surface area contributed by atoms with E-state index in [1.54, 1.807) is 20.8 Å². The minimum Gasteiger partial charge on any atom is -0.444 e. The minimum absolute atomic E-state index is 0.196. The molecule has 0 bridgehead atoms. The van der Waals surface area contributed by atoms with Crippen LogP contribution in [0.1, 0.15) is 32.8 Å². The largest absolute Gasteiger partial charge is 0.444 e. The van der Waals surface area contributed by atoms with Gasteiger partial charge in [-0.05, 0) is 48.7 Å².